The average molecular weight is 453 g/mol. The van der Waals surface area contributed by atoms with E-state index in [0.717, 1.165) is 12.1 Å². The van der Waals surface area contributed by atoms with Crippen molar-refractivity contribution in [2.45, 2.75) is 32.2 Å². The summed E-state index contributed by atoms with van der Waals surface area (Å²) in [6, 6.07) is 11.6. The van der Waals surface area contributed by atoms with Crippen LogP contribution >= 0.6 is 11.6 Å². The summed E-state index contributed by atoms with van der Waals surface area (Å²) in [5, 5.41) is 0.121. The van der Waals surface area contributed by atoms with E-state index in [-0.39, 0.29) is 27.5 Å². The van der Waals surface area contributed by atoms with Gasteiger partial charge in [0, 0.05) is 25.6 Å². The number of carbonyl (C=O) groups excluding carboxylic acids is 1. The van der Waals surface area contributed by atoms with Gasteiger partial charge in [0.1, 0.15) is 10.6 Å². The van der Waals surface area contributed by atoms with Crippen LogP contribution < -0.4 is 4.18 Å². The van der Waals surface area contributed by atoms with Gasteiger partial charge in [-0.15, -0.1) is 0 Å². The highest BCUT2D eigenvalue weighted by Gasteiger charge is 2.23. The third-order valence-corrected chi connectivity index (χ3v) is 6.42. The molecule has 0 aromatic heterocycles. The first-order chi connectivity index (χ1) is 14.0. The van der Waals surface area contributed by atoms with Crippen LogP contribution in [0.5, 0.6) is 5.75 Å². The molecule has 0 saturated heterocycles. The predicted molar refractivity (Wildman–Crippen MR) is 119 cm³/mol. The molecule has 0 unspecified atom stereocenters. The first-order valence-corrected chi connectivity index (χ1v) is 11.5. The van der Waals surface area contributed by atoms with Gasteiger partial charge in [0.25, 0.3) is 0 Å². The Bertz CT molecular complexity index is 953. The van der Waals surface area contributed by atoms with Crippen LogP contribution in [0.25, 0.3) is 0 Å². The monoisotopic (exact) mass is 452 g/mol. The van der Waals surface area contributed by atoms with Gasteiger partial charge < -0.3 is 14.0 Å². The van der Waals surface area contributed by atoms with Crippen molar-refractivity contribution in [3.8, 4) is 5.75 Å². The molecular weight excluding hydrogens is 424 g/mol. The van der Waals surface area contributed by atoms with Crippen LogP contribution in [0.15, 0.2) is 47.4 Å². The maximum Gasteiger partial charge on any atom is 0.340 e. The Hall–Kier alpha value is -2.09. The van der Waals surface area contributed by atoms with Crippen LogP contribution in [0.1, 0.15) is 25.0 Å². The lowest BCUT2D eigenvalue weighted by Gasteiger charge is -2.26. The fraction of sp³-hybridized carbons (Fsp3) is 0.409. The van der Waals surface area contributed by atoms with Gasteiger partial charge in [-0.1, -0.05) is 49.7 Å². The van der Waals surface area contributed by atoms with E-state index in [2.05, 4.69) is 0 Å². The van der Waals surface area contributed by atoms with Crippen molar-refractivity contribution in [1.82, 2.24) is 9.80 Å². The Morgan fingerprint density at radius 3 is 2.23 bits per heavy atom. The summed E-state index contributed by atoms with van der Waals surface area (Å²) >= 11 is 6.07. The van der Waals surface area contributed by atoms with Gasteiger partial charge in [-0.3, -0.25) is 4.79 Å². The van der Waals surface area contributed by atoms with Crippen LogP contribution in [0.2, 0.25) is 5.02 Å². The van der Waals surface area contributed by atoms with Crippen LogP contribution in [0.4, 0.5) is 0 Å². The molecule has 0 spiro atoms. The van der Waals surface area contributed by atoms with Gasteiger partial charge in [-0.25, -0.2) is 0 Å². The van der Waals surface area contributed by atoms with E-state index < -0.39 is 10.1 Å². The molecule has 164 valence electrons. The molecule has 0 aliphatic rings. The lowest BCUT2D eigenvalue weighted by Crippen LogP contribution is -2.38. The van der Waals surface area contributed by atoms with Crippen molar-refractivity contribution in [2.24, 2.45) is 5.92 Å². The van der Waals surface area contributed by atoms with Crippen LogP contribution in [0.3, 0.4) is 0 Å². The molecule has 0 radical (unpaired) electrons. The number of carbonyl (C=O) groups is 1. The molecule has 0 bridgehead atoms. The molecule has 0 fully saturated rings. The molecular formula is C22H29ClN2O4S. The molecule has 6 nitrogen and oxygen atoms in total. The Morgan fingerprint density at radius 1 is 1.07 bits per heavy atom. The highest BCUT2D eigenvalue weighted by atomic mass is 35.5. The third kappa shape index (κ3) is 6.45. The molecule has 0 saturated carbocycles. The fourth-order valence-corrected chi connectivity index (χ4v) is 4.65. The number of nitrogens with zero attached hydrogens (tertiary/aromatic N) is 2. The van der Waals surface area contributed by atoms with Gasteiger partial charge in [-0.05, 0) is 50.3 Å². The molecule has 0 heterocycles. The number of benzene rings is 2. The molecule has 30 heavy (non-hydrogen) atoms. The molecule has 2 aromatic carbocycles. The molecule has 2 aromatic rings. The Morgan fingerprint density at radius 2 is 1.70 bits per heavy atom. The lowest BCUT2D eigenvalue weighted by molar-refractivity contribution is -0.135. The normalized spacial score (nSPS) is 11.7. The van der Waals surface area contributed by atoms with Crippen molar-refractivity contribution >= 4 is 27.6 Å². The van der Waals surface area contributed by atoms with Crippen molar-refractivity contribution in [3.05, 3.63) is 58.6 Å². The predicted octanol–water partition coefficient (Wildman–Crippen LogP) is 3.96. The number of amides is 1. The zero-order chi connectivity index (χ0) is 22.5. The SMILES string of the molecule is Cc1cccc(Cl)c1S(=O)(=O)Oc1ccc(CN(CCN(C)C)C(=O)C(C)C)cc1. The van der Waals surface area contributed by atoms with Crippen molar-refractivity contribution in [3.63, 3.8) is 0 Å². The minimum Gasteiger partial charge on any atom is -0.379 e. The van der Waals surface area contributed by atoms with E-state index in [1.165, 1.54) is 6.07 Å². The number of halogens is 1. The Kier molecular flexibility index (Phi) is 8.29. The average Bonchev–Trinajstić information content (AvgIpc) is 2.65. The maximum absolute atomic E-state index is 12.7. The molecule has 1 amide bonds. The Balaban J connectivity index is 2.16. The molecule has 0 atom stereocenters. The van der Waals surface area contributed by atoms with Crippen LogP contribution in [-0.4, -0.2) is 51.3 Å². The highest BCUT2D eigenvalue weighted by molar-refractivity contribution is 7.87. The van der Waals surface area contributed by atoms with Crippen molar-refractivity contribution in [1.29, 1.82) is 0 Å². The summed E-state index contributed by atoms with van der Waals surface area (Å²) in [5.74, 6) is 0.167. The van der Waals surface area contributed by atoms with Gasteiger partial charge in [0.05, 0.1) is 5.02 Å². The maximum atomic E-state index is 12.7. The van der Waals surface area contributed by atoms with E-state index in [0.29, 0.717) is 18.7 Å². The minimum atomic E-state index is -4.06. The van der Waals surface area contributed by atoms with Gasteiger partial charge in [-0.2, -0.15) is 8.42 Å². The molecule has 0 aliphatic carbocycles. The smallest absolute Gasteiger partial charge is 0.340 e. The van der Waals surface area contributed by atoms with Crippen LogP contribution in [0, 0.1) is 12.8 Å². The zero-order valence-corrected chi connectivity index (χ0v) is 19.6. The quantitative estimate of drug-likeness (QED) is 0.538. The van der Waals surface area contributed by atoms with E-state index >= 15 is 0 Å². The zero-order valence-electron chi connectivity index (χ0n) is 18.1. The number of hydrogen-bond donors (Lipinski definition) is 0. The number of likely N-dealkylation sites (N-methyl/N-ethyl adjacent to an activating group) is 1. The van der Waals surface area contributed by atoms with Crippen molar-refractivity contribution in [2.75, 3.05) is 27.2 Å². The largest absolute Gasteiger partial charge is 0.379 e. The number of hydrogen-bond acceptors (Lipinski definition) is 5. The van der Waals surface area contributed by atoms with Crippen LogP contribution in [-0.2, 0) is 21.5 Å². The second-order valence-electron chi connectivity index (χ2n) is 7.79. The van der Waals surface area contributed by atoms with Gasteiger partial charge in [0.15, 0.2) is 0 Å². The standard InChI is InChI=1S/C22H29ClN2O4S/c1-16(2)22(26)25(14-13-24(4)5)15-18-9-11-19(12-10-18)29-30(27,28)21-17(3)7-6-8-20(21)23/h6-12,16H,13-15H2,1-5H3. The lowest BCUT2D eigenvalue weighted by atomic mass is 10.1. The summed E-state index contributed by atoms with van der Waals surface area (Å²) < 4.78 is 30.6. The first kappa shape index (κ1) is 24.2. The second-order valence-corrected chi connectivity index (χ2v) is 9.68. The first-order valence-electron chi connectivity index (χ1n) is 9.73. The Labute approximate surface area is 184 Å². The second kappa shape index (κ2) is 10.3. The topological polar surface area (TPSA) is 66.9 Å². The minimum absolute atomic E-state index is 0.0341. The third-order valence-electron chi connectivity index (χ3n) is 4.54. The summed E-state index contributed by atoms with van der Waals surface area (Å²) in [4.78, 5) is 16.3. The van der Waals surface area contributed by atoms with Gasteiger partial charge >= 0.3 is 10.1 Å². The van der Waals surface area contributed by atoms with E-state index in [4.69, 9.17) is 15.8 Å². The molecule has 0 aliphatic heterocycles. The molecule has 0 N–H and O–H groups in total. The number of rotatable bonds is 9. The van der Waals surface area contributed by atoms with E-state index in [1.807, 2.05) is 37.7 Å². The van der Waals surface area contributed by atoms with E-state index in [9.17, 15) is 13.2 Å². The molecule has 8 heteroatoms. The number of aryl methyl sites for hydroxylation is 1. The molecule has 2 rings (SSSR count). The van der Waals surface area contributed by atoms with Crippen molar-refractivity contribution < 1.29 is 17.4 Å². The highest BCUT2D eigenvalue weighted by Crippen LogP contribution is 2.28. The fourth-order valence-electron chi connectivity index (χ4n) is 2.93. The summed E-state index contributed by atoms with van der Waals surface area (Å²) in [7, 11) is -0.128. The summed E-state index contributed by atoms with van der Waals surface area (Å²) in [6.07, 6.45) is 0. The van der Waals surface area contributed by atoms with Gasteiger partial charge in [0.2, 0.25) is 5.91 Å². The summed E-state index contributed by atoms with van der Waals surface area (Å²) in [5.41, 5.74) is 1.41. The van der Waals surface area contributed by atoms with E-state index in [1.54, 1.807) is 43.3 Å². The summed E-state index contributed by atoms with van der Waals surface area (Å²) in [6.45, 7) is 7.24.